The number of phenolic OH excluding ortho intramolecular Hbond substituents is 1. The molecule has 0 aliphatic heterocycles. The Balaban J connectivity index is 1.83. The summed E-state index contributed by atoms with van der Waals surface area (Å²) < 4.78 is 7.66. The van der Waals surface area contributed by atoms with Crippen molar-refractivity contribution in [1.29, 1.82) is 0 Å². The van der Waals surface area contributed by atoms with Gasteiger partial charge in [0.15, 0.2) is 0 Å². The molecule has 1 N–H and O–H groups in total. The van der Waals surface area contributed by atoms with Crippen molar-refractivity contribution in [2.75, 3.05) is 0 Å². The molecule has 0 atom stereocenters. The number of ether oxygens (including phenoxy) is 1. The van der Waals surface area contributed by atoms with E-state index < -0.39 is 0 Å². The van der Waals surface area contributed by atoms with Crippen molar-refractivity contribution in [2.45, 2.75) is 6.61 Å². The molecule has 0 radical (unpaired) electrons. The molecule has 0 unspecified atom stereocenters. The summed E-state index contributed by atoms with van der Waals surface area (Å²) in [4.78, 5) is 4.05. The van der Waals surface area contributed by atoms with Gasteiger partial charge in [-0.2, -0.15) is 0 Å². The van der Waals surface area contributed by atoms with Gasteiger partial charge in [-0.1, -0.05) is 12.1 Å². The number of aryl methyl sites for hydroxylation is 1. The summed E-state index contributed by atoms with van der Waals surface area (Å²) in [5, 5.41) is 11.5. The molecule has 0 fully saturated rings. The first kappa shape index (κ1) is 11.6. The third kappa shape index (κ3) is 2.38. The quantitative estimate of drug-likeness (QED) is 0.781. The van der Waals surface area contributed by atoms with Crippen LogP contribution in [0.3, 0.4) is 0 Å². The molecule has 1 aromatic heterocycles. The summed E-state index contributed by atoms with van der Waals surface area (Å²) >= 11 is 0. The monoisotopic (exact) mass is 254 g/mol. The lowest BCUT2D eigenvalue weighted by Crippen LogP contribution is -2.00. The second-order valence-electron chi connectivity index (χ2n) is 4.48. The minimum absolute atomic E-state index is 0.260. The van der Waals surface area contributed by atoms with Crippen LogP contribution in [-0.4, -0.2) is 14.7 Å². The first-order chi connectivity index (χ1) is 9.22. The molecular weight excluding hydrogens is 240 g/mol. The fourth-order valence-electron chi connectivity index (χ4n) is 1.98. The Morgan fingerprint density at radius 1 is 1.16 bits per heavy atom. The smallest absolute Gasteiger partial charge is 0.130 e. The molecule has 0 amide bonds. The van der Waals surface area contributed by atoms with Gasteiger partial charge in [0.25, 0.3) is 0 Å². The highest BCUT2D eigenvalue weighted by Gasteiger charge is 2.02. The highest BCUT2D eigenvalue weighted by atomic mass is 16.5. The van der Waals surface area contributed by atoms with Crippen LogP contribution in [0.2, 0.25) is 0 Å². The van der Waals surface area contributed by atoms with Crippen molar-refractivity contribution in [3.63, 3.8) is 0 Å². The van der Waals surface area contributed by atoms with Gasteiger partial charge in [0.1, 0.15) is 18.1 Å². The zero-order valence-corrected chi connectivity index (χ0v) is 10.6. The van der Waals surface area contributed by atoms with E-state index in [9.17, 15) is 5.11 Å². The number of phenols is 1. The van der Waals surface area contributed by atoms with Gasteiger partial charge in [-0.15, -0.1) is 0 Å². The lowest BCUT2D eigenvalue weighted by Gasteiger charge is -2.08. The molecule has 3 rings (SSSR count). The Kier molecular flexibility index (Phi) is 2.83. The van der Waals surface area contributed by atoms with E-state index in [4.69, 9.17) is 4.74 Å². The van der Waals surface area contributed by atoms with Crippen molar-refractivity contribution in [3.8, 4) is 11.5 Å². The highest BCUT2D eigenvalue weighted by molar-refractivity contribution is 5.85. The SMILES string of the molecule is Cn1cncc1COc1ccc2ccc(O)cc2c1. The van der Waals surface area contributed by atoms with Gasteiger partial charge in [-0.05, 0) is 35.0 Å². The predicted octanol–water partition coefficient (Wildman–Crippen LogP) is 2.86. The summed E-state index contributed by atoms with van der Waals surface area (Å²) in [7, 11) is 1.93. The first-order valence-electron chi connectivity index (χ1n) is 6.03. The third-order valence-corrected chi connectivity index (χ3v) is 3.10. The standard InChI is InChI=1S/C15H14N2O2/c1-17-10-16-8-13(17)9-19-15-5-3-11-2-4-14(18)6-12(11)7-15/h2-8,10,18H,9H2,1H3. The minimum atomic E-state index is 0.260. The van der Waals surface area contributed by atoms with E-state index in [0.29, 0.717) is 6.61 Å². The van der Waals surface area contributed by atoms with Crippen LogP contribution in [0.1, 0.15) is 5.69 Å². The molecule has 0 aliphatic rings. The van der Waals surface area contributed by atoms with Crippen LogP contribution >= 0.6 is 0 Å². The zero-order valence-electron chi connectivity index (χ0n) is 10.6. The number of fused-ring (bicyclic) bond motifs is 1. The van der Waals surface area contributed by atoms with Gasteiger partial charge >= 0.3 is 0 Å². The number of hydrogen-bond donors (Lipinski definition) is 1. The van der Waals surface area contributed by atoms with Crippen molar-refractivity contribution < 1.29 is 9.84 Å². The maximum Gasteiger partial charge on any atom is 0.130 e. The van der Waals surface area contributed by atoms with E-state index in [1.165, 1.54) is 0 Å². The predicted molar refractivity (Wildman–Crippen MR) is 73.2 cm³/mol. The molecule has 96 valence electrons. The van der Waals surface area contributed by atoms with E-state index in [0.717, 1.165) is 22.2 Å². The first-order valence-corrected chi connectivity index (χ1v) is 6.03. The second-order valence-corrected chi connectivity index (χ2v) is 4.48. The van der Waals surface area contributed by atoms with Crippen molar-refractivity contribution in [1.82, 2.24) is 9.55 Å². The summed E-state index contributed by atoms with van der Waals surface area (Å²) in [5.41, 5.74) is 1.01. The number of aromatic hydroxyl groups is 1. The Labute approximate surface area is 110 Å². The second kappa shape index (κ2) is 4.65. The summed E-state index contributed by atoms with van der Waals surface area (Å²) in [6, 6.07) is 11.1. The number of benzene rings is 2. The molecule has 4 heteroatoms. The zero-order chi connectivity index (χ0) is 13.2. The summed E-state index contributed by atoms with van der Waals surface area (Å²) in [6.45, 7) is 0.473. The molecule has 0 saturated heterocycles. The topological polar surface area (TPSA) is 47.3 Å². The van der Waals surface area contributed by atoms with Gasteiger partial charge < -0.3 is 14.4 Å². The van der Waals surface area contributed by atoms with Gasteiger partial charge in [0, 0.05) is 7.05 Å². The van der Waals surface area contributed by atoms with Crippen molar-refractivity contribution >= 4 is 10.8 Å². The van der Waals surface area contributed by atoms with E-state index in [2.05, 4.69) is 4.98 Å². The number of aromatic nitrogens is 2. The van der Waals surface area contributed by atoms with Crippen LogP contribution in [0.15, 0.2) is 48.9 Å². The lowest BCUT2D eigenvalue weighted by atomic mass is 10.1. The molecule has 3 aromatic rings. The highest BCUT2D eigenvalue weighted by Crippen LogP contribution is 2.24. The summed E-state index contributed by atoms with van der Waals surface area (Å²) in [6.07, 6.45) is 3.53. The molecule has 0 spiro atoms. The Bertz CT molecular complexity index is 719. The van der Waals surface area contributed by atoms with Gasteiger partial charge in [-0.25, -0.2) is 4.98 Å². The Hall–Kier alpha value is -2.49. The molecule has 0 saturated carbocycles. The Morgan fingerprint density at radius 3 is 2.79 bits per heavy atom. The average molecular weight is 254 g/mol. The number of nitrogens with zero attached hydrogens (tertiary/aromatic N) is 2. The summed E-state index contributed by atoms with van der Waals surface area (Å²) in [5.74, 6) is 1.04. The maximum absolute atomic E-state index is 9.49. The molecular formula is C15H14N2O2. The molecule has 19 heavy (non-hydrogen) atoms. The fraction of sp³-hybridized carbons (Fsp3) is 0.133. The largest absolute Gasteiger partial charge is 0.508 e. The van der Waals surface area contributed by atoms with Gasteiger partial charge in [0.2, 0.25) is 0 Å². The molecule has 0 bridgehead atoms. The maximum atomic E-state index is 9.49. The van der Waals surface area contributed by atoms with Crippen molar-refractivity contribution in [3.05, 3.63) is 54.6 Å². The average Bonchev–Trinajstić information content (AvgIpc) is 2.81. The molecule has 4 nitrogen and oxygen atoms in total. The normalized spacial score (nSPS) is 10.8. The molecule has 1 heterocycles. The minimum Gasteiger partial charge on any atom is -0.508 e. The number of hydrogen-bond acceptors (Lipinski definition) is 3. The van der Waals surface area contributed by atoms with Gasteiger partial charge in [0.05, 0.1) is 18.2 Å². The van der Waals surface area contributed by atoms with E-state index in [1.54, 1.807) is 24.7 Å². The fourth-order valence-corrected chi connectivity index (χ4v) is 1.98. The van der Waals surface area contributed by atoms with Crippen LogP contribution in [0.4, 0.5) is 0 Å². The molecule has 2 aromatic carbocycles. The molecule has 0 aliphatic carbocycles. The Morgan fingerprint density at radius 2 is 2.00 bits per heavy atom. The lowest BCUT2D eigenvalue weighted by molar-refractivity contribution is 0.297. The van der Waals surface area contributed by atoms with Crippen LogP contribution in [0.5, 0.6) is 11.5 Å². The van der Waals surface area contributed by atoms with Gasteiger partial charge in [-0.3, -0.25) is 0 Å². The van der Waals surface area contributed by atoms with Crippen LogP contribution in [0.25, 0.3) is 10.8 Å². The third-order valence-electron chi connectivity index (χ3n) is 3.10. The number of imidazole rings is 1. The van der Waals surface area contributed by atoms with E-state index >= 15 is 0 Å². The van der Waals surface area contributed by atoms with E-state index in [-0.39, 0.29) is 5.75 Å². The van der Waals surface area contributed by atoms with Crippen LogP contribution in [-0.2, 0) is 13.7 Å². The van der Waals surface area contributed by atoms with Crippen LogP contribution in [0, 0.1) is 0 Å². The number of rotatable bonds is 3. The van der Waals surface area contributed by atoms with Crippen LogP contribution < -0.4 is 4.74 Å². The van der Waals surface area contributed by atoms with Crippen molar-refractivity contribution in [2.24, 2.45) is 7.05 Å². The van der Waals surface area contributed by atoms with E-state index in [1.807, 2.05) is 35.9 Å².